The van der Waals surface area contributed by atoms with Crippen LogP contribution in [0.3, 0.4) is 0 Å². The number of imidazole rings is 1. The highest BCUT2D eigenvalue weighted by Crippen LogP contribution is 2.18. The summed E-state index contributed by atoms with van der Waals surface area (Å²) in [5.74, 6) is 1.02. The van der Waals surface area contributed by atoms with E-state index in [2.05, 4.69) is 65.6 Å². The van der Waals surface area contributed by atoms with Crippen molar-refractivity contribution in [2.45, 2.75) is 13.1 Å². The first-order chi connectivity index (χ1) is 12.4. The van der Waals surface area contributed by atoms with Crippen molar-refractivity contribution in [2.75, 3.05) is 32.7 Å². The number of rotatable bonds is 6. The summed E-state index contributed by atoms with van der Waals surface area (Å²) in [5.41, 5.74) is 2.52. The van der Waals surface area contributed by atoms with Gasteiger partial charge in [-0.15, -0.1) is 0 Å². The Morgan fingerprint density at radius 1 is 0.960 bits per heavy atom. The second-order valence-electron chi connectivity index (χ2n) is 6.46. The number of benzene rings is 1. The third-order valence-electron chi connectivity index (χ3n) is 4.78. The van der Waals surface area contributed by atoms with E-state index in [1.807, 2.05) is 12.4 Å². The maximum absolute atomic E-state index is 4.48. The van der Waals surface area contributed by atoms with Crippen LogP contribution in [0.25, 0.3) is 11.4 Å². The van der Waals surface area contributed by atoms with Gasteiger partial charge in [0.05, 0.1) is 6.20 Å². The number of aromatic nitrogens is 3. The lowest BCUT2D eigenvalue weighted by Crippen LogP contribution is -2.46. The zero-order chi connectivity index (χ0) is 16.9. The molecule has 1 fully saturated rings. The third kappa shape index (κ3) is 4.15. The Bertz CT molecular complexity index is 760. The Balaban J connectivity index is 1.26. The summed E-state index contributed by atoms with van der Waals surface area (Å²) < 4.78 is 6.42. The van der Waals surface area contributed by atoms with E-state index in [1.165, 1.54) is 17.1 Å². The van der Waals surface area contributed by atoms with E-state index in [4.69, 9.17) is 0 Å². The average Bonchev–Trinajstić information content (AvgIpc) is 3.33. The van der Waals surface area contributed by atoms with E-state index in [0.717, 1.165) is 57.2 Å². The highest BCUT2D eigenvalue weighted by molar-refractivity contribution is 7.03. The average molecular weight is 353 g/mol. The van der Waals surface area contributed by atoms with Gasteiger partial charge in [0, 0.05) is 69.2 Å². The molecule has 0 aliphatic carbocycles. The summed E-state index contributed by atoms with van der Waals surface area (Å²) >= 11 is 1.47. The molecule has 1 saturated heterocycles. The topological polar surface area (TPSA) is 37.2 Å². The summed E-state index contributed by atoms with van der Waals surface area (Å²) in [6, 6.07) is 10.8. The van der Waals surface area contributed by atoms with Gasteiger partial charge in [-0.2, -0.15) is 0 Å². The van der Waals surface area contributed by atoms with Gasteiger partial charge in [-0.1, -0.05) is 30.3 Å². The summed E-state index contributed by atoms with van der Waals surface area (Å²) in [6.45, 7) is 7.66. The molecule has 0 atom stereocenters. The largest absolute Gasteiger partial charge is 0.330 e. The number of nitrogens with zero attached hydrogens (tertiary/aromatic N) is 5. The second kappa shape index (κ2) is 7.91. The van der Waals surface area contributed by atoms with Gasteiger partial charge in [0.15, 0.2) is 0 Å². The molecule has 3 heterocycles. The molecule has 2 aromatic heterocycles. The summed E-state index contributed by atoms with van der Waals surface area (Å²) in [5, 5.41) is 2.06. The second-order valence-corrected chi connectivity index (χ2v) is 7.12. The molecule has 3 aromatic rings. The smallest absolute Gasteiger partial charge is 0.142 e. The van der Waals surface area contributed by atoms with Crippen LogP contribution in [0.1, 0.15) is 5.56 Å². The van der Waals surface area contributed by atoms with Crippen molar-refractivity contribution in [3.63, 3.8) is 0 Å². The molecule has 0 N–H and O–H groups in total. The Kier molecular flexibility index (Phi) is 5.20. The normalized spacial score (nSPS) is 16.3. The monoisotopic (exact) mass is 353 g/mol. The van der Waals surface area contributed by atoms with Crippen molar-refractivity contribution in [1.82, 2.24) is 23.7 Å². The fraction of sp³-hybridized carbons (Fsp3) is 0.368. The number of hydrogen-bond donors (Lipinski definition) is 0. The van der Waals surface area contributed by atoms with E-state index in [0.29, 0.717) is 0 Å². The fourth-order valence-corrected chi connectivity index (χ4v) is 3.84. The molecule has 0 saturated carbocycles. The highest BCUT2D eigenvalue weighted by atomic mass is 32.1. The van der Waals surface area contributed by atoms with E-state index >= 15 is 0 Å². The first-order valence-corrected chi connectivity index (χ1v) is 9.62. The molecule has 5 nitrogen and oxygen atoms in total. The molecule has 0 radical (unpaired) electrons. The predicted molar refractivity (Wildman–Crippen MR) is 101 cm³/mol. The Labute approximate surface area is 152 Å². The third-order valence-corrected chi connectivity index (χ3v) is 5.36. The first-order valence-electron chi connectivity index (χ1n) is 8.78. The van der Waals surface area contributed by atoms with Gasteiger partial charge in [0.2, 0.25) is 0 Å². The molecule has 1 aromatic carbocycles. The van der Waals surface area contributed by atoms with Crippen molar-refractivity contribution in [3.05, 3.63) is 59.9 Å². The van der Waals surface area contributed by atoms with Gasteiger partial charge >= 0.3 is 0 Å². The molecule has 4 rings (SSSR count). The van der Waals surface area contributed by atoms with Crippen molar-refractivity contribution in [1.29, 1.82) is 0 Å². The SMILES string of the molecule is c1ccc(CN2CCN(CCn3ccnc3-c3cnsc3)CC2)cc1. The van der Waals surface area contributed by atoms with E-state index in [1.54, 1.807) is 0 Å². The van der Waals surface area contributed by atoms with Crippen molar-refractivity contribution in [2.24, 2.45) is 0 Å². The van der Waals surface area contributed by atoms with E-state index < -0.39 is 0 Å². The van der Waals surface area contributed by atoms with Crippen molar-refractivity contribution < 1.29 is 0 Å². The van der Waals surface area contributed by atoms with Gasteiger partial charge in [-0.3, -0.25) is 9.80 Å². The molecule has 0 bridgehead atoms. The molecule has 25 heavy (non-hydrogen) atoms. The van der Waals surface area contributed by atoms with Gasteiger partial charge in [-0.25, -0.2) is 9.36 Å². The van der Waals surface area contributed by atoms with Crippen LogP contribution in [0.15, 0.2) is 54.3 Å². The molecular formula is C19H23N5S. The fourth-order valence-electron chi connectivity index (χ4n) is 3.33. The Morgan fingerprint density at radius 3 is 2.52 bits per heavy atom. The minimum Gasteiger partial charge on any atom is -0.330 e. The van der Waals surface area contributed by atoms with Gasteiger partial charge in [0.1, 0.15) is 5.82 Å². The van der Waals surface area contributed by atoms with Crippen molar-refractivity contribution >= 4 is 11.5 Å². The lowest BCUT2D eigenvalue weighted by molar-refractivity contribution is 0.124. The van der Waals surface area contributed by atoms with Crippen LogP contribution in [-0.2, 0) is 13.1 Å². The molecule has 0 spiro atoms. The lowest BCUT2D eigenvalue weighted by atomic mass is 10.2. The van der Waals surface area contributed by atoms with Crippen LogP contribution in [0.2, 0.25) is 0 Å². The van der Waals surface area contributed by atoms with E-state index in [-0.39, 0.29) is 0 Å². The molecule has 1 aliphatic heterocycles. The predicted octanol–water partition coefficient (Wildman–Crippen LogP) is 2.82. The summed E-state index contributed by atoms with van der Waals surface area (Å²) in [6.07, 6.45) is 5.84. The van der Waals surface area contributed by atoms with Crippen LogP contribution < -0.4 is 0 Å². The zero-order valence-electron chi connectivity index (χ0n) is 14.3. The van der Waals surface area contributed by atoms with Gasteiger partial charge < -0.3 is 4.57 Å². The Hall–Kier alpha value is -2.02. The van der Waals surface area contributed by atoms with Crippen LogP contribution in [0.5, 0.6) is 0 Å². The minimum atomic E-state index is 0.976. The quantitative estimate of drug-likeness (QED) is 0.683. The van der Waals surface area contributed by atoms with Gasteiger partial charge in [0.25, 0.3) is 0 Å². The minimum absolute atomic E-state index is 0.976. The maximum atomic E-state index is 4.48. The molecule has 130 valence electrons. The van der Waals surface area contributed by atoms with Crippen LogP contribution >= 0.6 is 11.5 Å². The van der Waals surface area contributed by atoms with E-state index in [9.17, 15) is 0 Å². The lowest BCUT2D eigenvalue weighted by Gasteiger charge is -2.34. The summed E-state index contributed by atoms with van der Waals surface area (Å²) in [7, 11) is 0. The number of hydrogen-bond acceptors (Lipinski definition) is 5. The molecule has 0 unspecified atom stereocenters. The Morgan fingerprint density at radius 2 is 1.76 bits per heavy atom. The van der Waals surface area contributed by atoms with Gasteiger partial charge in [-0.05, 0) is 17.1 Å². The molecular weight excluding hydrogens is 330 g/mol. The van der Waals surface area contributed by atoms with Crippen molar-refractivity contribution in [3.8, 4) is 11.4 Å². The highest BCUT2D eigenvalue weighted by Gasteiger charge is 2.17. The summed E-state index contributed by atoms with van der Waals surface area (Å²) in [4.78, 5) is 9.58. The molecule has 6 heteroatoms. The number of piperazine rings is 1. The zero-order valence-corrected chi connectivity index (χ0v) is 15.1. The molecule has 0 amide bonds. The van der Waals surface area contributed by atoms with Crippen LogP contribution in [-0.4, -0.2) is 56.4 Å². The van der Waals surface area contributed by atoms with Crippen LogP contribution in [0, 0.1) is 0 Å². The van der Waals surface area contributed by atoms with Crippen LogP contribution in [0.4, 0.5) is 0 Å². The standard InChI is InChI=1S/C19H23N5S/c1-2-4-17(5-3-1)15-23-10-8-22(9-11-23)12-13-24-7-6-20-19(24)18-14-21-25-16-18/h1-7,14,16H,8-13,15H2. The maximum Gasteiger partial charge on any atom is 0.142 e. The molecule has 1 aliphatic rings. The first kappa shape index (κ1) is 16.4.